The number of hydrogen-bond acceptors (Lipinski definition) is 2. The summed E-state index contributed by atoms with van der Waals surface area (Å²) in [6, 6.07) is 2.49. The highest BCUT2D eigenvalue weighted by Gasteiger charge is 2.37. The summed E-state index contributed by atoms with van der Waals surface area (Å²) in [5.74, 6) is -1.86. The molecule has 2 rings (SSSR count). The number of aryl methyl sites for hydroxylation is 1. The van der Waals surface area contributed by atoms with Crippen LogP contribution < -0.4 is 11.1 Å². The van der Waals surface area contributed by atoms with Gasteiger partial charge in [-0.2, -0.15) is 0 Å². The summed E-state index contributed by atoms with van der Waals surface area (Å²) >= 11 is 0. The van der Waals surface area contributed by atoms with Crippen molar-refractivity contribution in [2.75, 3.05) is 11.9 Å². The number of nitrogens with one attached hydrogen (secondary N) is 1. The zero-order valence-electron chi connectivity index (χ0n) is 10.9. The summed E-state index contributed by atoms with van der Waals surface area (Å²) in [6.07, 6.45) is 3.07. The summed E-state index contributed by atoms with van der Waals surface area (Å²) < 4.78 is 27.3. The Balaban J connectivity index is 2.09. The van der Waals surface area contributed by atoms with Gasteiger partial charge in [0.1, 0.15) is 11.5 Å². The first-order valence-electron chi connectivity index (χ1n) is 6.42. The molecule has 1 aromatic rings. The Hall–Kier alpha value is -1.49. The Bertz CT molecular complexity index is 493. The molecular formula is C14H18F2N2O. The molecule has 5 heteroatoms. The minimum Gasteiger partial charge on any atom is -0.330 e. The molecule has 0 saturated heterocycles. The minimum absolute atomic E-state index is 0.180. The van der Waals surface area contributed by atoms with E-state index in [0.717, 1.165) is 25.3 Å². The molecule has 0 aromatic heterocycles. The fraction of sp³-hybridized carbons (Fsp3) is 0.500. The summed E-state index contributed by atoms with van der Waals surface area (Å²) in [6.45, 7) is 1.96. The predicted molar refractivity (Wildman–Crippen MR) is 69.7 cm³/mol. The normalized spacial score (nSPS) is 16.8. The lowest BCUT2D eigenvalue weighted by Crippen LogP contribution is -2.40. The van der Waals surface area contributed by atoms with Crippen molar-refractivity contribution in [3.05, 3.63) is 29.3 Å². The molecular weight excluding hydrogens is 250 g/mol. The molecule has 0 spiro atoms. The summed E-state index contributed by atoms with van der Waals surface area (Å²) in [5.41, 5.74) is 5.42. The van der Waals surface area contributed by atoms with Crippen LogP contribution in [0.25, 0.3) is 0 Å². The fourth-order valence-electron chi connectivity index (χ4n) is 2.43. The number of benzene rings is 1. The number of anilines is 1. The van der Waals surface area contributed by atoms with E-state index >= 15 is 0 Å². The maximum atomic E-state index is 13.8. The fourth-order valence-corrected chi connectivity index (χ4v) is 2.43. The number of carbonyl (C=O) groups excluding carboxylic acids is 1. The van der Waals surface area contributed by atoms with Crippen molar-refractivity contribution >= 4 is 11.6 Å². The van der Waals surface area contributed by atoms with Gasteiger partial charge in [-0.15, -0.1) is 0 Å². The van der Waals surface area contributed by atoms with Crippen LogP contribution in [-0.2, 0) is 4.79 Å². The maximum Gasteiger partial charge on any atom is 0.225 e. The quantitative estimate of drug-likeness (QED) is 0.882. The van der Waals surface area contributed by atoms with Gasteiger partial charge in [0.25, 0.3) is 0 Å². The van der Waals surface area contributed by atoms with Crippen LogP contribution >= 0.6 is 0 Å². The summed E-state index contributed by atoms with van der Waals surface area (Å²) in [4.78, 5) is 11.9. The molecule has 1 aliphatic carbocycles. The highest BCUT2D eigenvalue weighted by atomic mass is 19.1. The molecule has 1 aromatic carbocycles. The molecule has 3 N–H and O–H groups in total. The highest BCUT2D eigenvalue weighted by molar-refractivity contribution is 5.91. The van der Waals surface area contributed by atoms with Gasteiger partial charge in [0.05, 0.1) is 0 Å². The van der Waals surface area contributed by atoms with Gasteiger partial charge in [-0.05, 0) is 43.4 Å². The third-order valence-electron chi connectivity index (χ3n) is 3.93. The molecule has 0 unspecified atom stereocenters. The second-order valence-electron chi connectivity index (χ2n) is 5.34. The zero-order valence-corrected chi connectivity index (χ0v) is 10.9. The van der Waals surface area contributed by atoms with Gasteiger partial charge in [-0.1, -0.05) is 12.5 Å². The van der Waals surface area contributed by atoms with Gasteiger partial charge in [0, 0.05) is 6.42 Å². The monoisotopic (exact) mass is 268 g/mol. The van der Waals surface area contributed by atoms with Crippen LogP contribution in [0, 0.1) is 24.0 Å². The van der Waals surface area contributed by atoms with Gasteiger partial charge in [-0.3, -0.25) is 4.79 Å². The molecule has 104 valence electrons. The zero-order chi connectivity index (χ0) is 14.0. The van der Waals surface area contributed by atoms with E-state index in [1.807, 2.05) is 0 Å². The van der Waals surface area contributed by atoms with E-state index in [0.29, 0.717) is 12.1 Å². The van der Waals surface area contributed by atoms with Crippen LogP contribution in [0.5, 0.6) is 0 Å². The van der Waals surface area contributed by atoms with Gasteiger partial charge < -0.3 is 11.1 Å². The molecule has 0 atom stereocenters. The van der Waals surface area contributed by atoms with Gasteiger partial charge in [0.2, 0.25) is 5.91 Å². The number of nitrogens with two attached hydrogens (primary N) is 1. The Kier molecular flexibility index (Phi) is 3.85. The molecule has 19 heavy (non-hydrogen) atoms. The smallest absolute Gasteiger partial charge is 0.225 e. The number of hydrogen-bond donors (Lipinski definition) is 2. The maximum absolute atomic E-state index is 13.8. The molecule has 1 amide bonds. The molecule has 0 radical (unpaired) electrons. The van der Waals surface area contributed by atoms with Crippen molar-refractivity contribution in [2.45, 2.75) is 32.6 Å². The Morgan fingerprint density at radius 2 is 2.11 bits per heavy atom. The van der Waals surface area contributed by atoms with Gasteiger partial charge >= 0.3 is 0 Å². The first-order chi connectivity index (χ1) is 8.97. The van der Waals surface area contributed by atoms with E-state index < -0.39 is 11.6 Å². The van der Waals surface area contributed by atoms with Crippen molar-refractivity contribution in [2.24, 2.45) is 11.1 Å². The molecule has 0 aliphatic heterocycles. The topological polar surface area (TPSA) is 55.1 Å². The Morgan fingerprint density at radius 1 is 1.42 bits per heavy atom. The second-order valence-corrected chi connectivity index (χ2v) is 5.34. The standard InChI is InChI=1S/C14H18F2N2O/c1-9-3-4-10(15)13(12(9)16)18-11(19)7-14(8-17)5-2-6-14/h3-4H,2,5-8,17H2,1H3,(H,18,19). The Labute approximate surface area is 111 Å². The van der Waals surface area contributed by atoms with E-state index in [-0.39, 0.29) is 23.4 Å². The average Bonchev–Trinajstić information content (AvgIpc) is 2.34. The number of carbonyl (C=O) groups is 1. The van der Waals surface area contributed by atoms with Crippen molar-refractivity contribution in [3.8, 4) is 0 Å². The second kappa shape index (κ2) is 5.25. The number of amides is 1. The Morgan fingerprint density at radius 3 is 2.63 bits per heavy atom. The number of halogens is 2. The SMILES string of the molecule is Cc1ccc(F)c(NC(=O)CC2(CN)CCC2)c1F. The van der Waals surface area contributed by atoms with Crippen LogP contribution in [-0.4, -0.2) is 12.5 Å². The lowest BCUT2D eigenvalue weighted by molar-refractivity contribution is -0.119. The molecule has 1 saturated carbocycles. The molecule has 1 fully saturated rings. The molecule has 1 aliphatic rings. The summed E-state index contributed by atoms with van der Waals surface area (Å²) in [7, 11) is 0. The van der Waals surface area contributed by atoms with Crippen LogP contribution in [0.1, 0.15) is 31.2 Å². The third-order valence-corrected chi connectivity index (χ3v) is 3.93. The minimum atomic E-state index is -0.758. The van der Waals surface area contributed by atoms with Crippen LogP contribution in [0.4, 0.5) is 14.5 Å². The summed E-state index contributed by atoms with van der Waals surface area (Å²) in [5, 5.41) is 2.33. The highest BCUT2D eigenvalue weighted by Crippen LogP contribution is 2.43. The number of rotatable bonds is 4. The van der Waals surface area contributed by atoms with Gasteiger partial charge in [-0.25, -0.2) is 8.78 Å². The van der Waals surface area contributed by atoms with Crippen LogP contribution in [0.15, 0.2) is 12.1 Å². The van der Waals surface area contributed by atoms with Crippen LogP contribution in [0.3, 0.4) is 0 Å². The first kappa shape index (κ1) is 13.9. The molecule has 0 bridgehead atoms. The largest absolute Gasteiger partial charge is 0.330 e. The molecule has 3 nitrogen and oxygen atoms in total. The lowest BCUT2D eigenvalue weighted by Gasteiger charge is -2.40. The van der Waals surface area contributed by atoms with E-state index in [1.54, 1.807) is 0 Å². The van der Waals surface area contributed by atoms with E-state index in [1.165, 1.54) is 13.0 Å². The van der Waals surface area contributed by atoms with E-state index in [2.05, 4.69) is 5.32 Å². The van der Waals surface area contributed by atoms with Crippen molar-refractivity contribution in [1.29, 1.82) is 0 Å². The average molecular weight is 268 g/mol. The van der Waals surface area contributed by atoms with Crippen molar-refractivity contribution < 1.29 is 13.6 Å². The third kappa shape index (κ3) is 2.76. The first-order valence-corrected chi connectivity index (χ1v) is 6.42. The van der Waals surface area contributed by atoms with E-state index in [9.17, 15) is 13.6 Å². The van der Waals surface area contributed by atoms with Crippen molar-refractivity contribution in [3.63, 3.8) is 0 Å². The lowest BCUT2D eigenvalue weighted by atomic mass is 9.66. The van der Waals surface area contributed by atoms with Crippen LogP contribution in [0.2, 0.25) is 0 Å². The molecule has 0 heterocycles. The predicted octanol–water partition coefficient (Wildman–Crippen LogP) is 2.73. The van der Waals surface area contributed by atoms with E-state index in [4.69, 9.17) is 5.73 Å². The van der Waals surface area contributed by atoms with Crippen molar-refractivity contribution in [1.82, 2.24) is 0 Å². The van der Waals surface area contributed by atoms with Gasteiger partial charge in [0.15, 0.2) is 5.82 Å².